The fraction of sp³-hybridized carbons (Fsp3) is 0.143. The summed E-state index contributed by atoms with van der Waals surface area (Å²) in [6.45, 7) is 1.80. The monoisotopic (exact) mass is 260 g/mol. The molecule has 1 rings (SSSR count). The first-order valence-electron chi connectivity index (χ1n) is 2.94. The summed E-state index contributed by atoms with van der Waals surface area (Å²) in [4.78, 5) is 13.5. The summed E-state index contributed by atoms with van der Waals surface area (Å²) >= 11 is 2.07. The zero-order chi connectivity index (χ0) is 8.43. The summed E-state index contributed by atoms with van der Waals surface area (Å²) in [5.74, 6) is 0. The topological polar surface area (TPSA) is 56.6 Å². The number of nitrogens with zero attached hydrogens (tertiary/aromatic N) is 1. The van der Waals surface area contributed by atoms with Gasteiger partial charge in [-0.3, -0.25) is 4.79 Å². The highest BCUT2D eigenvalue weighted by Gasteiger charge is 2.00. The normalized spacial score (nSPS) is 9.18. The molecule has 1 aromatic heterocycles. The van der Waals surface area contributed by atoms with Gasteiger partial charge < -0.3 is 4.98 Å². The average molecular weight is 260 g/mol. The largest absolute Gasteiger partial charge is 0.324 e. The molecule has 0 fully saturated rings. The van der Waals surface area contributed by atoms with Crippen LogP contribution in [0, 0.1) is 21.8 Å². The van der Waals surface area contributed by atoms with Gasteiger partial charge in [-0.1, -0.05) is 0 Å². The first kappa shape index (κ1) is 8.27. The molecule has 0 saturated carbocycles. The quantitative estimate of drug-likeness (QED) is 0.711. The molecule has 1 N–H and O–H groups in total. The Morgan fingerprint density at radius 1 is 1.73 bits per heavy atom. The van der Waals surface area contributed by atoms with Gasteiger partial charge in [0.15, 0.2) is 0 Å². The predicted octanol–water partition coefficient (Wildman–Crippen LogP) is 1.16. The molecule has 3 nitrogen and oxygen atoms in total. The number of nitriles is 1. The lowest BCUT2D eigenvalue weighted by molar-refractivity contribution is 1.11. The Morgan fingerprint density at radius 3 is 2.91 bits per heavy atom. The molecule has 1 heterocycles. The molecule has 4 heteroatoms. The Morgan fingerprint density at radius 2 is 2.36 bits per heavy atom. The fourth-order valence-electron chi connectivity index (χ4n) is 0.681. The van der Waals surface area contributed by atoms with Crippen LogP contribution in [0.2, 0.25) is 0 Å². The van der Waals surface area contributed by atoms with Gasteiger partial charge in [0.25, 0.3) is 5.56 Å². The van der Waals surface area contributed by atoms with Gasteiger partial charge in [0.1, 0.15) is 11.6 Å². The van der Waals surface area contributed by atoms with Crippen LogP contribution < -0.4 is 5.56 Å². The Labute approximate surface area is 77.2 Å². The second-order valence-electron chi connectivity index (χ2n) is 2.10. The van der Waals surface area contributed by atoms with Gasteiger partial charge >= 0.3 is 0 Å². The van der Waals surface area contributed by atoms with Crippen LogP contribution in [-0.4, -0.2) is 4.98 Å². The minimum atomic E-state index is -0.314. The van der Waals surface area contributed by atoms with Crippen molar-refractivity contribution in [1.29, 1.82) is 5.26 Å². The highest BCUT2D eigenvalue weighted by Crippen LogP contribution is 2.06. The van der Waals surface area contributed by atoms with E-state index in [-0.39, 0.29) is 11.1 Å². The van der Waals surface area contributed by atoms with E-state index in [1.807, 2.05) is 6.07 Å². The number of aryl methyl sites for hydroxylation is 1. The maximum atomic E-state index is 10.9. The van der Waals surface area contributed by atoms with Crippen molar-refractivity contribution in [3.8, 4) is 6.07 Å². The molecule has 0 aromatic carbocycles. The summed E-state index contributed by atoms with van der Waals surface area (Å²) in [7, 11) is 0. The molecule has 0 saturated heterocycles. The highest BCUT2D eigenvalue weighted by molar-refractivity contribution is 14.1. The van der Waals surface area contributed by atoms with E-state index in [2.05, 4.69) is 27.6 Å². The summed E-state index contributed by atoms with van der Waals surface area (Å²) in [6.07, 6.45) is 0. The van der Waals surface area contributed by atoms with Gasteiger partial charge in [0.2, 0.25) is 0 Å². The third kappa shape index (κ3) is 1.60. The van der Waals surface area contributed by atoms with Gasteiger partial charge in [0.05, 0.1) is 0 Å². The van der Waals surface area contributed by atoms with Crippen molar-refractivity contribution in [2.75, 3.05) is 0 Å². The van der Waals surface area contributed by atoms with Crippen LogP contribution in [0.5, 0.6) is 0 Å². The van der Waals surface area contributed by atoms with Gasteiger partial charge in [-0.25, -0.2) is 0 Å². The Hall–Kier alpha value is -0.830. The second kappa shape index (κ2) is 3.05. The van der Waals surface area contributed by atoms with Crippen molar-refractivity contribution in [3.05, 3.63) is 31.2 Å². The van der Waals surface area contributed by atoms with E-state index >= 15 is 0 Å². The Bertz CT molecular complexity index is 375. The van der Waals surface area contributed by atoms with Crippen LogP contribution in [0.3, 0.4) is 0 Å². The van der Waals surface area contributed by atoms with E-state index in [9.17, 15) is 4.79 Å². The number of hydrogen-bond acceptors (Lipinski definition) is 2. The highest BCUT2D eigenvalue weighted by atomic mass is 127. The summed E-state index contributed by atoms with van der Waals surface area (Å²) in [5, 5.41) is 8.46. The molecule has 0 amide bonds. The van der Waals surface area contributed by atoms with E-state index in [4.69, 9.17) is 5.26 Å². The number of aromatic amines is 1. The predicted molar refractivity (Wildman–Crippen MR) is 49.2 cm³/mol. The Kier molecular flexibility index (Phi) is 2.29. The average Bonchev–Trinajstić information content (AvgIpc) is 1.97. The number of halogens is 1. The number of aromatic nitrogens is 1. The molecule has 0 aliphatic heterocycles. The van der Waals surface area contributed by atoms with E-state index < -0.39 is 0 Å². The number of H-pyrrole nitrogens is 1. The number of pyridine rings is 1. The van der Waals surface area contributed by atoms with Crippen molar-refractivity contribution in [3.63, 3.8) is 0 Å². The molecular weight excluding hydrogens is 255 g/mol. The van der Waals surface area contributed by atoms with E-state index in [1.54, 1.807) is 13.0 Å². The van der Waals surface area contributed by atoms with Crippen LogP contribution in [0.1, 0.15) is 11.3 Å². The SMILES string of the molecule is Cc1[nH]c(=O)c(C#N)cc1I. The van der Waals surface area contributed by atoms with Crippen molar-refractivity contribution in [1.82, 2.24) is 4.98 Å². The zero-order valence-electron chi connectivity index (χ0n) is 5.81. The summed E-state index contributed by atoms with van der Waals surface area (Å²) in [6, 6.07) is 3.39. The third-order valence-electron chi connectivity index (χ3n) is 1.30. The minimum absolute atomic E-state index is 0.167. The molecule has 0 aliphatic carbocycles. The first-order valence-corrected chi connectivity index (χ1v) is 4.02. The van der Waals surface area contributed by atoms with E-state index in [0.29, 0.717) is 0 Å². The standard InChI is InChI=1S/C7H5IN2O/c1-4-6(8)2-5(3-9)7(11)10-4/h2H,1H3,(H,10,11). The van der Waals surface area contributed by atoms with Crippen LogP contribution in [-0.2, 0) is 0 Å². The number of hydrogen-bond donors (Lipinski definition) is 1. The zero-order valence-corrected chi connectivity index (χ0v) is 7.97. The van der Waals surface area contributed by atoms with Crippen LogP contribution in [0.15, 0.2) is 10.9 Å². The van der Waals surface area contributed by atoms with Gasteiger partial charge in [-0.15, -0.1) is 0 Å². The molecule has 1 aromatic rings. The van der Waals surface area contributed by atoms with Crippen LogP contribution in [0.4, 0.5) is 0 Å². The van der Waals surface area contributed by atoms with Crippen molar-refractivity contribution in [2.24, 2.45) is 0 Å². The first-order chi connectivity index (χ1) is 5.15. The smallest absolute Gasteiger partial charge is 0.266 e. The molecule has 0 radical (unpaired) electrons. The molecule has 0 unspecified atom stereocenters. The molecule has 0 aliphatic rings. The molecule has 0 spiro atoms. The number of nitrogens with one attached hydrogen (secondary N) is 1. The summed E-state index contributed by atoms with van der Waals surface area (Å²) < 4.78 is 0.902. The van der Waals surface area contributed by atoms with Crippen molar-refractivity contribution < 1.29 is 0 Å². The maximum absolute atomic E-state index is 10.9. The van der Waals surface area contributed by atoms with Crippen molar-refractivity contribution in [2.45, 2.75) is 6.92 Å². The lowest BCUT2D eigenvalue weighted by atomic mass is 10.3. The van der Waals surface area contributed by atoms with Crippen LogP contribution in [0.25, 0.3) is 0 Å². The van der Waals surface area contributed by atoms with Gasteiger partial charge in [0, 0.05) is 9.26 Å². The van der Waals surface area contributed by atoms with Gasteiger partial charge in [-0.2, -0.15) is 5.26 Å². The molecule has 56 valence electrons. The molecule has 0 atom stereocenters. The fourth-order valence-corrected chi connectivity index (χ4v) is 1.13. The molecule has 0 bridgehead atoms. The number of rotatable bonds is 0. The van der Waals surface area contributed by atoms with Crippen molar-refractivity contribution >= 4 is 22.6 Å². The van der Waals surface area contributed by atoms with Crippen LogP contribution >= 0.6 is 22.6 Å². The maximum Gasteiger partial charge on any atom is 0.266 e. The third-order valence-corrected chi connectivity index (χ3v) is 2.42. The summed E-state index contributed by atoms with van der Waals surface area (Å²) in [5.41, 5.74) is 0.653. The lowest BCUT2D eigenvalue weighted by Crippen LogP contribution is -2.11. The minimum Gasteiger partial charge on any atom is -0.324 e. The lowest BCUT2D eigenvalue weighted by Gasteiger charge is -1.95. The Balaban J connectivity index is 3.48. The molecule has 11 heavy (non-hydrogen) atoms. The molecular formula is C7H5IN2O. The van der Waals surface area contributed by atoms with E-state index in [0.717, 1.165) is 9.26 Å². The van der Waals surface area contributed by atoms with E-state index in [1.165, 1.54) is 0 Å². The van der Waals surface area contributed by atoms with Gasteiger partial charge in [-0.05, 0) is 35.6 Å². The second-order valence-corrected chi connectivity index (χ2v) is 3.26.